The van der Waals surface area contributed by atoms with E-state index in [9.17, 15) is 10.1 Å². The van der Waals surface area contributed by atoms with Crippen molar-refractivity contribution in [3.8, 4) is 6.07 Å². The van der Waals surface area contributed by atoms with Crippen LogP contribution in [0.15, 0.2) is 8.68 Å². The van der Waals surface area contributed by atoms with Gasteiger partial charge >= 0.3 is 0 Å². The summed E-state index contributed by atoms with van der Waals surface area (Å²) in [6.07, 6.45) is 4.99. The molecular formula is C15H16N4OS4. The van der Waals surface area contributed by atoms with Gasteiger partial charge in [-0.2, -0.15) is 5.26 Å². The van der Waals surface area contributed by atoms with E-state index in [0.717, 1.165) is 33.5 Å². The molecule has 1 amide bonds. The minimum absolute atomic E-state index is 0.107. The molecule has 0 bridgehead atoms. The van der Waals surface area contributed by atoms with E-state index in [1.807, 2.05) is 6.26 Å². The monoisotopic (exact) mass is 396 g/mol. The third kappa shape index (κ3) is 3.94. The molecule has 1 atom stereocenters. The molecule has 0 fully saturated rings. The number of thiophene rings is 1. The van der Waals surface area contributed by atoms with Gasteiger partial charge in [0.2, 0.25) is 5.91 Å². The molecule has 24 heavy (non-hydrogen) atoms. The standard InChI is InChI=1S/C15H16N4OS4/c1-8-3-4-9-10(6-16)13(23-11(9)5-8)17-12(20)7-22-15-19-18-14(21-2)24-15/h8H,3-5,7H2,1-2H3,(H,17,20)/t8-/m1/s1. The first kappa shape index (κ1) is 17.7. The van der Waals surface area contributed by atoms with Crippen LogP contribution in [0, 0.1) is 17.2 Å². The number of thioether (sulfide) groups is 2. The van der Waals surface area contributed by atoms with E-state index in [4.69, 9.17) is 0 Å². The number of anilines is 1. The van der Waals surface area contributed by atoms with E-state index in [1.165, 1.54) is 28.0 Å². The molecule has 5 nitrogen and oxygen atoms in total. The zero-order valence-corrected chi connectivity index (χ0v) is 16.6. The van der Waals surface area contributed by atoms with E-state index in [-0.39, 0.29) is 11.7 Å². The fraction of sp³-hybridized carbons (Fsp3) is 0.467. The summed E-state index contributed by atoms with van der Waals surface area (Å²) in [7, 11) is 0. The van der Waals surface area contributed by atoms with E-state index >= 15 is 0 Å². The lowest BCUT2D eigenvalue weighted by Gasteiger charge is -2.17. The van der Waals surface area contributed by atoms with E-state index in [0.29, 0.717) is 16.5 Å². The average Bonchev–Trinajstić information content (AvgIpc) is 3.16. The SMILES string of the molecule is CSc1nnc(SCC(=O)Nc2sc3c(c2C#N)CC[C@@H](C)C3)s1. The molecule has 2 aromatic rings. The molecule has 0 saturated carbocycles. The Bertz CT molecular complexity index is 792. The minimum Gasteiger partial charge on any atom is -0.316 e. The molecule has 0 aliphatic heterocycles. The first-order chi connectivity index (χ1) is 11.6. The molecule has 0 unspecified atom stereocenters. The summed E-state index contributed by atoms with van der Waals surface area (Å²) in [6.45, 7) is 2.23. The van der Waals surface area contributed by atoms with Crippen molar-refractivity contribution in [2.24, 2.45) is 5.92 Å². The highest BCUT2D eigenvalue weighted by Gasteiger charge is 2.24. The zero-order valence-electron chi connectivity index (χ0n) is 13.3. The van der Waals surface area contributed by atoms with Crippen LogP contribution in [0.25, 0.3) is 0 Å². The normalized spacial score (nSPS) is 16.5. The molecule has 2 aromatic heterocycles. The van der Waals surface area contributed by atoms with Gasteiger partial charge in [-0.25, -0.2) is 0 Å². The van der Waals surface area contributed by atoms with Crippen LogP contribution < -0.4 is 5.32 Å². The fourth-order valence-electron chi connectivity index (χ4n) is 2.59. The summed E-state index contributed by atoms with van der Waals surface area (Å²) in [5.74, 6) is 0.807. The molecule has 1 aliphatic carbocycles. The van der Waals surface area contributed by atoms with Crippen molar-refractivity contribution in [3.63, 3.8) is 0 Å². The number of carbonyl (C=O) groups is 1. The summed E-state index contributed by atoms with van der Waals surface area (Å²) < 4.78 is 1.68. The molecule has 9 heteroatoms. The molecule has 126 valence electrons. The number of hydrogen-bond donors (Lipinski definition) is 1. The van der Waals surface area contributed by atoms with Crippen molar-refractivity contribution in [3.05, 3.63) is 16.0 Å². The Hall–Kier alpha value is -1.08. The van der Waals surface area contributed by atoms with Gasteiger partial charge in [0, 0.05) is 4.88 Å². The molecule has 0 saturated heterocycles. The Morgan fingerprint density at radius 3 is 2.92 bits per heavy atom. The highest BCUT2D eigenvalue weighted by molar-refractivity contribution is 8.03. The van der Waals surface area contributed by atoms with Crippen LogP contribution in [-0.2, 0) is 17.6 Å². The van der Waals surface area contributed by atoms with Gasteiger partial charge in [0.05, 0.1) is 11.3 Å². The second-order valence-corrected chi connectivity index (χ2v) is 9.90. The first-order valence-electron chi connectivity index (χ1n) is 7.45. The first-order valence-corrected chi connectivity index (χ1v) is 11.3. The number of hydrogen-bond acceptors (Lipinski definition) is 8. The van der Waals surface area contributed by atoms with Gasteiger partial charge in [-0.15, -0.1) is 21.5 Å². The third-order valence-electron chi connectivity index (χ3n) is 3.77. The summed E-state index contributed by atoms with van der Waals surface area (Å²) in [5, 5.41) is 21.1. The number of nitrogens with zero attached hydrogens (tertiary/aromatic N) is 3. The second kappa shape index (κ2) is 7.87. The molecule has 1 N–H and O–H groups in total. The van der Waals surface area contributed by atoms with Gasteiger partial charge in [0.15, 0.2) is 8.68 Å². The van der Waals surface area contributed by atoms with E-state index < -0.39 is 0 Å². The van der Waals surface area contributed by atoms with Crippen LogP contribution in [0.4, 0.5) is 5.00 Å². The molecule has 0 radical (unpaired) electrons. The fourth-order valence-corrected chi connectivity index (χ4v) is 6.20. The molecule has 0 aromatic carbocycles. The quantitative estimate of drug-likeness (QED) is 0.768. The summed E-state index contributed by atoms with van der Waals surface area (Å²) in [5.41, 5.74) is 1.79. The van der Waals surface area contributed by atoms with Crippen molar-refractivity contribution in [1.82, 2.24) is 10.2 Å². The highest BCUT2D eigenvalue weighted by Crippen LogP contribution is 2.39. The molecule has 1 aliphatic rings. The van der Waals surface area contributed by atoms with Gasteiger partial charge in [-0.1, -0.05) is 41.8 Å². The van der Waals surface area contributed by atoms with Crippen molar-refractivity contribution in [1.29, 1.82) is 5.26 Å². The third-order valence-corrected chi connectivity index (χ3v) is 7.97. The maximum absolute atomic E-state index is 12.2. The lowest BCUT2D eigenvalue weighted by Crippen LogP contribution is -2.14. The molecule has 3 rings (SSSR count). The van der Waals surface area contributed by atoms with Crippen LogP contribution in [0.2, 0.25) is 0 Å². The Labute approximate surface area is 157 Å². The minimum atomic E-state index is -0.107. The maximum Gasteiger partial charge on any atom is 0.235 e. The molecule has 2 heterocycles. The van der Waals surface area contributed by atoms with Crippen LogP contribution >= 0.6 is 46.2 Å². The van der Waals surface area contributed by atoms with Crippen LogP contribution in [0.1, 0.15) is 29.3 Å². The van der Waals surface area contributed by atoms with Gasteiger partial charge in [0.25, 0.3) is 0 Å². The maximum atomic E-state index is 12.2. The van der Waals surface area contributed by atoms with E-state index in [2.05, 4.69) is 28.5 Å². The van der Waals surface area contributed by atoms with Gasteiger partial charge in [-0.3, -0.25) is 4.79 Å². The second-order valence-electron chi connectivity index (χ2n) is 5.54. The number of nitrogens with one attached hydrogen (secondary N) is 1. The summed E-state index contributed by atoms with van der Waals surface area (Å²) in [4.78, 5) is 13.5. The zero-order chi connectivity index (χ0) is 17.1. The summed E-state index contributed by atoms with van der Waals surface area (Å²) in [6, 6.07) is 2.27. The Balaban J connectivity index is 1.65. The largest absolute Gasteiger partial charge is 0.316 e. The van der Waals surface area contributed by atoms with E-state index in [1.54, 1.807) is 23.1 Å². The number of nitriles is 1. The number of aromatic nitrogens is 2. The Morgan fingerprint density at radius 1 is 1.42 bits per heavy atom. The number of carbonyl (C=O) groups excluding carboxylic acids is 1. The van der Waals surface area contributed by atoms with Crippen molar-refractivity contribution >= 4 is 57.1 Å². The smallest absolute Gasteiger partial charge is 0.235 e. The van der Waals surface area contributed by atoms with Crippen LogP contribution in [0.3, 0.4) is 0 Å². The predicted octanol–water partition coefficient (Wildman–Crippen LogP) is 4.05. The van der Waals surface area contributed by atoms with Crippen molar-refractivity contribution < 1.29 is 4.79 Å². The van der Waals surface area contributed by atoms with Crippen molar-refractivity contribution in [2.45, 2.75) is 34.9 Å². The average molecular weight is 397 g/mol. The predicted molar refractivity (Wildman–Crippen MR) is 101 cm³/mol. The lowest BCUT2D eigenvalue weighted by molar-refractivity contribution is -0.113. The molecular weight excluding hydrogens is 380 g/mol. The number of rotatable bonds is 5. The number of amides is 1. The Kier molecular flexibility index (Phi) is 5.81. The Morgan fingerprint density at radius 2 is 2.21 bits per heavy atom. The summed E-state index contributed by atoms with van der Waals surface area (Å²) >= 11 is 5.96. The highest BCUT2D eigenvalue weighted by atomic mass is 32.2. The van der Waals surface area contributed by atoms with Crippen LogP contribution in [0.5, 0.6) is 0 Å². The number of fused-ring (bicyclic) bond motifs is 1. The topological polar surface area (TPSA) is 78.7 Å². The molecule has 0 spiro atoms. The van der Waals surface area contributed by atoms with Crippen LogP contribution in [-0.4, -0.2) is 28.1 Å². The lowest BCUT2D eigenvalue weighted by atomic mass is 9.89. The van der Waals surface area contributed by atoms with Crippen molar-refractivity contribution in [2.75, 3.05) is 17.3 Å². The van der Waals surface area contributed by atoms with Gasteiger partial charge < -0.3 is 5.32 Å². The van der Waals surface area contributed by atoms with Gasteiger partial charge in [0.1, 0.15) is 11.1 Å². The van der Waals surface area contributed by atoms with Gasteiger partial charge in [-0.05, 0) is 37.0 Å².